The number of hydrogen-bond acceptors (Lipinski definition) is 4. The first-order valence-corrected chi connectivity index (χ1v) is 7.62. The third-order valence-corrected chi connectivity index (χ3v) is 4.60. The fourth-order valence-corrected chi connectivity index (χ4v) is 3.09. The Bertz CT molecular complexity index is 896. The molecule has 0 bridgehead atoms. The van der Waals surface area contributed by atoms with Gasteiger partial charge < -0.3 is 0 Å². The van der Waals surface area contributed by atoms with Crippen LogP contribution in [0.2, 0.25) is 5.15 Å². The Kier molecular flexibility index (Phi) is 3.74. The van der Waals surface area contributed by atoms with E-state index in [9.17, 15) is 18.4 Å². The van der Waals surface area contributed by atoms with E-state index in [0.717, 1.165) is 0 Å². The van der Waals surface area contributed by atoms with Crippen molar-refractivity contribution in [1.29, 1.82) is 0 Å². The molecule has 0 saturated heterocycles. The van der Waals surface area contributed by atoms with Crippen molar-refractivity contribution in [3.05, 3.63) is 31.7 Å². The van der Waals surface area contributed by atoms with Crippen LogP contribution < -0.4 is 11.1 Å². The number of alkyl halides is 2. The summed E-state index contributed by atoms with van der Waals surface area (Å²) >= 11 is 5.86. The molecule has 0 radical (unpaired) electrons. The largest absolute Gasteiger partial charge is 0.298 e. The summed E-state index contributed by atoms with van der Waals surface area (Å²) in [5, 5.41) is -0.349. The Labute approximate surface area is 134 Å². The van der Waals surface area contributed by atoms with Crippen LogP contribution in [-0.2, 0) is 7.05 Å². The number of halogens is 3. The lowest BCUT2D eigenvalue weighted by Gasteiger charge is -2.30. The van der Waals surface area contributed by atoms with Crippen LogP contribution in [0.3, 0.4) is 0 Å². The van der Waals surface area contributed by atoms with Crippen LogP contribution in [0.25, 0.3) is 11.2 Å². The van der Waals surface area contributed by atoms with E-state index in [1.807, 2.05) is 0 Å². The summed E-state index contributed by atoms with van der Waals surface area (Å²) in [4.78, 5) is 32.8. The molecule has 1 aliphatic carbocycles. The second kappa shape index (κ2) is 5.36. The van der Waals surface area contributed by atoms with Gasteiger partial charge in [-0.15, -0.1) is 0 Å². The monoisotopic (exact) mass is 344 g/mol. The molecule has 6 nitrogen and oxygen atoms in total. The Balaban J connectivity index is 2.26. The molecule has 0 unspecified atom stereocenters. The molecule has 1 aliphatic rings. The Hall–Kier alpha value is -1.83. The number of aromatic nitrogens is 4. The molecule has 9 heteroatoms. The van der Waals surface area contributed by atoms with Crippen LogP contribution in [0.5, 0.6) is 0 Å². The minimum Gasteiger partial charge on any atom is -0.298 e. The van der Waals surface area contributed by atoms with Crippen LogP contribution in [-0.4, -0.2) is 25.0 Å². The fourth-order valence-electron chi connectivity index (χ4n) is 2.91. The van der Waals surface area contributed by atoms with Gasteiger partial charge in [-0.25, -0.2) is 18.7 Å². The van der Waals surface area contributed by atoms with Crippen LogP contribution in [0.15, 0.2) is 9.59 Å². The summed E-state index contributed by atoms with van der Waals surface area (Å²) in [5.74, 6) is -2.31. The third-order valence-electron chi connectivity index (χ3n) is 4.36. The van der Waals surface area contributed by atoms with Crippen molar-refractivity contribution in [3.63, 3.8) is 0 Å². The van der Waals surface area contributed by atoms with E-state index in [2.05, 4.69) is 9.97 Å². The minimum atomic E-state index is -2.72. The predicted octanol–water partition coefficient (Wildman–Crippen LogP) is 2.20. The van der Waals surface area contributed by atoms with E-state index in [0.29, 0.717) is 5.82 Å². The summed E-state index contributed by atoms with van der Waals surface area (Å²) in [6.07, 6.45) is -0.374. The molecule has 0 amide bonds. The van der Waals surface area contributed by atoms with Crippen LogP contribution in [0, 0.1) is 6.92 Å². The summed E-state index contributed by atoms with van der Waals surface area (Å²) in [7, 11) is 1.54. The van der Waals surface area contributed by atoms with Gasteiger partial charge in [0.05, 0.1) is 0 Å². The highest BCUT2D eigenvalue weighted by Crippen LogP contribution is 2.38. The highest BCUT2D eigenvalue weighted by molar-refractivity contribution is 6.29. The van der Waals surface area contributed by atoms with E-state index in [-0.39, 0.29) is 42.0 Å². The van der Waals surface area contributed by atoms with Crippen molar-refractivity contribution >= 4 is 22.8 Å². The van der Waals surface area contributed by atoms with Gasteiger partial charge in [-0.1, -0.05) is 11.6 Å². The van der Waals surface area contributed by atoms with Crippen molar-refractivity contribution in [2.75, 3.05) is 0 Å². The summed E-state index contributed by atoms with van der Waals surface area (Å²) < 4.78 is 29.3. The van der Waals surface area contributed by atoms with E-state index in [1.165, 1.54) is 16.2 Å². The molecule has 124 valence electrons. The van der Waals surface area contributed by atoms with Gasteiger partial charge in [-0.3, -0.25) is 18.7 Å². The Morgan fingerprint density at radius 2 is 1.78 bits per heavy atom. The zero-order valence-corrected chi connectivity index (χ0v) is 13.4. The summed E-state index contributed by atoms with van der Waals surface area (Å²) in [5.41, 5.74) is -0.950. The minimum absolute atomic E-state index is 0.0277. The lowest BCUT2D eigenvalue weighted by molar-refractivity contribution is -0.0439. The second-order valence-electron chi connectivity index (χ2n) is 5.86. The average Bonchev–Trinajstić information content (AvgIpc) is 2.49. The molecule has 3 rings (SSSR count). The Morgan fingerprint density at radius 1 is 1.17 bits per heavy atom. The second-order valence-corrected chi connectivity index (χ2v) is 6.22. The van der Waals surface area contributed by atoms with Crippen LogP contribution in [0.4, 0.5) is 8.78 Å². The van der Waals surface area contributed by atoms with Crippen molar-refractivity contribution < 1.29 is 8.78 Å². The normalized spacial score (nSPS) is 18.5. The smallest absolute Gasteiger partial charge is 0.290 e. The topological polar surface area (TPSA) is 69.8 Å². The molecule has 0 spiro atoms. The van der Waals surface area contributed by atoms with Gasteiger partial charge in [0.25, 0.3) is 11.1 Å². The maximum Gasteiger partial charge on any atom is 0.290 e. The first-order valence-electron chi connectivity index (χ1n) is 7.24. The van der Waals surface area contributed by atoms with Gasteiger partial charge in [-0.05, 0) is 19.8 Å². The molecular formula is C14H15ClF2N4O2. The highest BCUT2D eigenvalue weighted by Gasteiger charge is 2.36. The predicted molar refractivity (Wildman–Crippen MR) is 81.2 cm³/mol. The molecule has 2 heterocycles. The van der Waals surface area contributed by atoms with Gasteiger partial charge >= 0.3 is 0 Å². The van der Waals surface area contributed by atoms with Gasteiger partial charge in [-0.2, -0.15) is 0 Å². The van der Waals surface area contributed by atoms with E-state index < -0.39 is 23.1 Å². The molecule has 1 fully saturated rings. The number of fused-ring (bicyclic) bond motifs is 1. The van der Waals surface area contributed by atoms with Crippen molar-refractivity contribution in [3.8, 4) is 0 Å². The number of aryl methyl sites for hydroxylation is 1. The standard InChI is InChI=1S/C14H15ClF2N4O2/c1-7-18-11-9(12(22)20(7)2)19-10(15)13(23)21(11)8-3-5-14(16,17)6-4-8/h8H,3-6H2,1-2H3. The van der Waals surface area contributed by atoms with Gasteiger partial charge in [0.15, 0.2) is 16.3 Å². The molecule has 2 aromatic heterocycles. The third kappa shape index (κ3) is 2.65. The highest BCUT2D eigenvalue weighted by atomic mass is 35.5. The number of rotatable bonds is 1. The molecule has 1 saturated carbocycles. The molecule has 0 aromatic carbocycles. The summed E-state index contributed by atoms with van der Waals surface area (Å²) in [6, 6.07) is -0.468. The van der Waals surface area contributed by atoms with Crippen molar-refractivity contribution in [2.45, 2.75) is 44.6 Å². The molecule has 0 N–H and O–H groups in total. The lowest BCUT2D eigenvalue weighted by Crippen LogP contribution is -2.35. The maximum absolute atomic E-state index is 13.4. The van der Waals surface area contributed by atoms with E-state index >= 15 is 0 Å². The molecular weight excluding hydrogens is 330 g/mol. The molecule has 0 aliphatic heterocycles. The SMILES string of the molecule is Cc1nc2c(nc(Cl)c(=O)n2C2CCC(F)(F)CC2)c(=O)n1C. The number of hydrogen-bond donors (Lipinski definition) is 0. The molecule has 23 heavy (non-hydrogen) atoms. The first kappa shape index (κ1) is 16.0. The van der Waals surface area contributed by atoms with Crippen molar-refractivity contribution in [1.82, 2.24) is 19.1 Å². The van der Waals surface area contributed by atoms with E-state index in [4.69, 9.17) is 11.6 Å². The first-order chi connectivity index (χ1) is 10.7. The summed E-state index contributed by atoms with van der Waals surface area (Å²) in [6.45, 7) is 1.62. The maximum atomic E-state index is 13.4. The lowest BCUT2D eigenvalue weighted by atomic mass is 9.92. The van der Waals surface area contributed by atoms with Gasteiger partial charge in [0.2, 0.25) is 5.92 Å². The van der Waals surface area contributed by atoms with E-state index in [1.54, 1.807) is 6.92 Å². The zero-order chi connectivity index (χ0) is 16.9. The van der Waals surface area contributed by atoms with Crippen molar-refractivity contribution in [2.24, 2.45) is 7.05 Å². The fraction of sp³-hybridized carbons (Fsp3) is 0.571. The van der Waals surface area contributed by atoms with Crippen LogP contribution in [0.1, 0.15) is 37.5 Å². The van der Waals surface area contributed by atoms with Crippen LogP contribution >= 0.6 is 11.6 Å². The van der Waals surface area contributed by atoms with Gasteiger partial charge in [0, 0.05) is 25.9 Å². The average molecular weight is 345 g/mol. The Morgan fingerprint density at radius 3 is 2.39 bits per heavy atom. The zero-order valence-electron chi connectivity index (χ0n) is 12.6. The quantitative estimate of drug-likeness (QED) is 0.795. The molecule has 2 aromatic rings. The number of nitrogens with zero attached hydrogens (tertiary/aromatic N) is 4. The van der Waals surface area contributed by atoms with Gasteiger partial charge in [0.1, 0.15) is 5.82 Å². The molecule has 0 atom stereocenters.